The van der Waals surface area contributed by atoms with Gasteiger partial charge in [-0.05, 0) is 36.3 Å². The molecule has 0 radical (unpaired) electrons. The molecule has 2 rings (SSSR count). The third-order valence-electron chi connectivity index (χ3n) is 4.32. The van der Waals surface area contributed by atoms with Crippen molar-refractivity contribution < 1.29 is 0 Å². The van der Waals surface area contributed by atoms with Crippen LogP contribution in [0.1, 0.15) is 26.3 Å². The highest BCUT2D eigenvalue weighted by atomic mass is 15.1. The van der Waals surface area contributed by atoms with Crippen molar-refractivity contribution in [3.63, 3.8) is 0 Å². The lowest BCUT2D eigenvalue weighted by molar-refractivity contribution is 0.0825. The standard InChI is InChI=1S/C16H25N/c1-4-17-11-13(2)16(14(3)12-17)10-15-8-6-5-7-9-15/h5-9,13-14,16H,4,10-12H2,1-3H3. The minimum Gasteiger partial charge on any atom is -0.303 e. The van der Waals surface area contributed by atoms with Gasteiger partial charge in [0.25, 0.3) is 0 Å². The molecule has 1 heterocycles. The van der Waals surface area contributed by atoms with Gasteiger partial charge >= 0.3 is 0 Å². The topological polar surface area (TPSA) is 3.24 Å². The Morgan fingerprint density at radius 3 is 2.18 bits per heavy atom. The van der Waals surface area contributed by atoms with E-state index >= 15 is 0 Å². The highest BCUT2D eigenvalue weighted by Gasteiger charge is 2.30. The van der Waals surface area contributed by atoms with Crippen LogP contribution in [0.25, 0.3) is 0 Å². The molecule has 0 aromatic heterocycles. The van der Waals surface area contributed by atoms with Crippen LogP contribution in [-0.2, 0) is 6.42 Å². The lowest BCUT2D eigenvalue weighted by Crippen LogP contribution is -2.44. The van der Waals surface area contributed by atoms with Crippen LogP contribution >= 0.6 is 0 Å². The van der Waals surface area contributed by atoms with Gasteiger partial charge in [-0.25, -0.2) is 0 Å². The van der Waals surface area contributed by atoms with Crippen LogP contribution in [0.2, 0.25) is 0 Å². The predicted octanol–water partition coefficient (Wildman–Crippen LogP) is 3.45. The Morgan fingerprint density at radius 1 is 1.06 bits per heavy atom. The number of hydrogen-bond acceptors (Lipinski definition) is 1. The molecule has 0 bridgehead atoms. The Morgan fingerprint density at radius 2 is 1.65 bits per heavy atom. The molecule has 17 heavy (non-hydrogen) atoms. The zero-order valence-corrected chi connectivity index (χ0v) is 11.4. The summed E-state index contributed by atoms with van der Waals surface area (Å²) in [5.41, 5.74) is 1.50. The minimum atomic E-state index is 0.818. The quantitative estimate of drug-likeness (QED) is 0.770. The van der Waals surface area contributed by atoms with Gasteiger partial charge in [0.1, 0.15) is 0 Å². The molecule has 2 atom stereocenters. The Labute approximate surface area is 106 Å². The summed E-state index contributed by atoms with van der Waals surface area (Å²) >= 11 is 0. The Kier molecular flexibility index (Phi) is 4.22. The van der Waals surface area contributed by atoms with Crippen molar-refractivity contribution in [3.05, 3.63) is 35.9 Å². The van der Waals surface area contributed by atoms with Gasteiger partial charge in [0, 0.05) is 13.1 Å². The van der Waals surface area contributed by atoms with Gasteiger partial charge in [-0.15, -0.1) is 0 Å². The van der Waals surface area contributed by atoms with Gasteiger partial charge in [-0.2, -0.15) is 0 Å². The molecule has 94 valence electrons. The molecule has 1 saturated heterocycles. The molecule has 1 aromatic rings. The molecule has 1 aromatic carbocycles. The highest BCUT2D eigenvalue weighted by molar-refractivity contribution is 5.15. The largest absolute Gasteiger partial charge is 0.303 e. The first-order valence-electron chi connectivity index (χ1n) is 6.97. The molecule has 0 amide bonds. The molecule has 0 aliphatic carbocycles. The van der Waals surface area contributed by atoms with Crippen molar-refractivity contribution in [3.8, 4) is 0 Å². The van der Waals surface area contributed by atoms with E-state index in [1.54, 1.807) is 0 Å². The average Bonchev–Trinajstić information content (AvgIpc) is 2.35. The fourth-order valence-electron chi connectivity index (χ4n) is 3.27. The normalized spacial score (nSPS) is 30.4. The van der Waals surface area contributed by atoms with Crippen LogP contribution < -0.4 is 0 Å². The van der Waals surface area contributed by atoms with Crippen LogP contribution in [0.4, 0.5) is 0 Å². The molecule has 1 aliphatic rings. The molecule has 1 nitrogen and oxygen atoms in total. The average molecular weight is 231 g/mol. The molecule has 0 saturated carbocycles. The Bertz CT molecular complexity index is 321. The van der Waals surface area contributed by atoms with E-state index < -0.39 is 0 Å². The summed E-state index contributed by atoms with van der Waals surface area (Å²) in [6, 6.07) is 11.0. The van der Waals surface area contributed by atoms with Crippen LogP contribution in [0.5, 0.6) is 0 Å². The first-order valence-corrected chi connectivity index (χ1v) is 6.97. The summed E-state index contributed by atoms with van der Waals surface area (Å²) in [5, 5.41) is 0. The number of piperidine rings is 1. The van der Waals surface area contributed by atoms with Gasteiger partial charge in [-0.1, -0.05) is 51.1 Å². The summed E-state index contributed by atoms with van der Waals surface area (Å²) in [7, 11) is 0. The molecular weight excluding hydrogens is 206 g/mol. The summed E-state index contributed by atoms with van der Waals surface area (Å²) in [4.78, 5) is 2.59. The van der Waals surface area contributed by atoms with E-state index in [-0.39, 0.29) is 0 Å². The fourth-order valence-corrected chi connectivity index (χ4v) is 3.27. The lowest BCUT2D eigenvalue weighted by atomic mass is 9.76. The zero-order valence-electron chi connectivity index (χ0n) is 11.4. The third kappa shape index (κ3) is 3.10. The lowest BCUT2D eigenvalue weighted by Gasteiger charge is -2.41. The molecule has 1 aliphatic heterocycles. The number of rotatable bonds is 3. The van der Waals surface area contributed by atoms with Crippen molar-refractivity contribution >= 4 is 0 Å². The van der Waals surface area contributed by atoms with E-state index in [2.05, 4.69) is 56.0 Å². The minimum absolute atomic E-state index is 0.818. The second kappa shape index (κ2) is 5.68. The van der Waals surface area contributed by atoms with Crippen molar-refractivity contribution in [1.82, 2.24) is 4.90 Å². The molecule has 0 N–H and O–H groups in total. The van der Waals surface area contributed by atoms with Crippen molar-refractivity contribution in [2.75, 3.05) is 19.6 Å². The second-order valence-corrected chi connectivity index (χ2v) is 5.66. The van der Waals surface area contributed by atoms with Gasteiger partial charge < -0.3 is 4.90 Å². The maximum absolute atomic E-state index is 2.59. The number of benzene rings is 1. The van der Waals surface area contributed by atoms with Gasteiger partial charge in [0.2, 0.25) is 0 Å². The maximum Gasteiger partial charge on any atom is 0.000989 e. The van der Waals surface area contributed by atoms with Gasteiger partial charge in [0.15, 0.2) is 0 Å². The van der Waals surface area contributed by atoms with E-state index in [9.17, 15) is 0 Å². The van der Waals surface area contributed by atoms with E-state index in [4.69, 9.17) is 0 Å². The number of nitrogens with zero attached hydrogens (tertiary/aromatic N) is 1. The molecule has 0 spiro atoms. The van der Waals surface area contributed by atoms with Crippen molar-refractivity contribution in [2.45, 2.75) is 27.2 Å². The van der Waals surface area contributed by atoms with E-state index in [0.717, 1.165) is 17.8 Å². The van der Waals surface area contributed by atoms with Gasteiger partial charge in [0.05, 0.1) is 0 Å². The maximum atomic E-state index is 2.59. The molecule has 2 unspecified atom stereocenters. The summed E-state index contributed by atoms with van der Waals surface area (Å²) in [6.07, 6.45) is 1.25. The first-order chi connectivity index (χ1) is 8.20. The van der Waals surface area contributed by atoms with Crippen LogP contribution in [-0.4, -0.2) is 24.5 Å². The van der Waals surface area contributed by atoms with Crippen LogP contribution in [0, 0.1) is 17.8 Å². The Hall–Kier alpha value is -0.820. The monoisotopic (exact) mass is 231 g/mol. The highest BCUT2D eigenvalue weighted by Crippen LogP contribution is 2.31. The summed E-state index contributed by atoms with van der Waals surface area (Å²) in [5.74, 6) is 2.48. The smallest absolute Gasteiger partial charge is 0.000989 e. The second-order valence-electron chi connectivity index (χ2n) is 5.66. The van der Waals surface area contributed by atoms with Crippen LogP contribution in [0.3, 0.4) is 0 Å². The van der Waals surface area contributed by atoms with E-state index in [1.165, 1.54) is 31.6 Å². The van der Waals surface area contributed by atoms with Gasteiger partial charge in [-0.3, -0.25) is 0 Å². The Balaban J connectivity index is 2.01. The summed E-state index contributed by atoms with van der Waals surface area (Å²) in [6.45, 7) is 10.9. The van der Waals surface area contributed by atoms with Crippen molar-refractivity contribution in [1.29, 1.82) is 0 Å². The van der Waals surface area contributed by atoms with Crippen molar-refractivity contribution in [2.24, 2.45) is 17.8 Å². The van der Waals surface area contributed by atoms with Crippen LogP contribution in [0.15, 0.2) is 30.3 Å². The fraction of sp³-hybridized carbons (Fsp3) is 0.625. The number of likely N-dealkylation sites (tertiary alicyclic amines) is 1. The summed E-state index contributed by atoms with van der Waals surface area (Å²) < 4.78 is 0. The molecular formula is C16H25N. The molecule has 1 fully saturated rings. The number of hydrogen-bond donors (Lipinski definition) is 0. The zero-order chi connectivity index (χ0) is 12.3. The third-order valence-corrected chi connectivity index (χ3v) is 4.32. The first kappa shape index (κ1) is 12.6. The molecule has 1 heteroatoms. The van der Waals surface area contributed by atoms with E-state index in [1.807, 2.05) is 0 Å². The van der Waals surface area contributed by atoms with E-state index in [0.29, 0.717) is 0 Å². The SMILES string of the molecule is CCN1CC(C)C(Cc2ccccc2)C(C)C1. The predicted molar refractivity (Wildman–Crippen MR) is 74.1 cm³/mol.